The summed E-state index contributed by atoms with van der Waals surface area (Å²) in [6.07, 6.45) is 7.79. The number of nitrogens with zero attached hydrogens (tertiary/aromatic N) is 2. The highest BCUT2D eigenvalue weighted by molar-refractivity contribution is 5.94. The molecule has 1 aromatic heterocycles. The summed E-state index contributed by atoms with van der Waals surface area (Å²) in [5.74, 6) is 0.812. The van der Waals surface area contributed by atoms with E-state index in [0.717, 1.165) is 30.6 Å². The zero-order chi connectivity index (χ0) is 16.3. The Labute approximate surface area is 136 Å². The summed E-state index contributed by atoms with van der Waals surface area (Å²) in [4.78, 5) is 12.4. The van der Waals surface area contributed by atoms with E-state index >= 15 is 0 Å². The summed E-state index contributed by atoms with van der Waals surface area (Å²) in [6, 6.07) is 7.85. The summed E-state index contributed by atoms with van der Waals surface area (Å²) < 4.78 is 6.94. The molecule has 1 aliphatic carbocycles. The first-order chi connectivity index (χ1) is 11.1. The lowest BCUT2D eigenvalue weighted by Gasteiger charge is -2.41. The minimum atomic E-state index is -0.0208. The van der Waals surface area contributed by atoms with Gasteiger partial charge in [-0.2, -0.15) is 5.10 Å². The molecular weight excluding hydrogens is 290 g/mol. The molecule has 0 spiro atoms. The fourth-order valence-corrected chi connectivity index (χ4v) is 2.97. The van der Waals surface area contributed by atoms with Crippen molar-refractivity contribution in [3.63, 3.8) is 0 Å². The molecule has 2 aromatic rings. The van der Waals surface area contributed by atoms with E-state index in [1.165, 1.54) is 6.42 Å². The van der Waals surface area contributed by atoms with Crippen molar-refractivity contribution in [2.45, 2.75) is 44.7 Å². The first kappa shape index (κ1) is 15.6. The van der Waals surface area contributed by atoms with Crippen molar-refractivity contribution in [2.24, 2.45) is 0 Å². The highest BCUT2D eigenvalue weighted by atomic mass is 16.5. The van der Waals surface area contributed by atoms with Crippen LogP contribution in [0.1, 0.15) is 48.5 Å². The highest BCUT2D eigenvalue weighted by Crippen LogP contribution is 2.34. The number of ether oxygens (including phenoxy) is 1. The van der Waals surface area contributed by atoms with Gasteiger partial charge in [0, 0.05) is 11.7 Å². The molecule has 0 bridgehead atoms. The molecule has 3 rings (SSSR count). The van der Waals surface area contributed by atoms with Gasteiger partial charge in [0.1, 0.15) is 5.75 Å². The van der Waals surface area contributed by atoms with Crippen LogP contribution in [0.25, 0.3) is 0 Å². The van der Waals surface area contributed by atoms with Crippen LogP contribution in [0.4, 0.5) is 0 Å². The third kappa shape index (κ3) is 3.38. The number of hydrogen-bond donors (Lipinski definition) is 1. The van der Waals surface area contributed by atoms with E-state index in [4.69, 9.17) is 4.74 Å². The zero-order valence-electron chi connectivity index (χ0n) is 13.7. The van der Waals surface area contributed by atoms with Crippen LogP contribution in [0.3, 0.4) is 0 Å². The molecule has 1 aromatic carbocycles. The van der Waals surface area contributed by atoms with Crippen LogP contribution in [-0.2, 0) is 6.54 Å². The Bertz CT molecular complexity index is 666. The number of hydrogen-bond acceptors (Lipinski definition) is 3. The Morgan fingerprint density at radius 2 is 2.09 bits per heavy atom. The number of rotatable bonds is 6. The van der Waals surface area contributed by atoms with Crippen molar-refractivity contribution in [2.75, 3.05) is 7.11 Å². The van der Waals surface area contributed by atoms with Gasteiger partial charge in [-0.1, -0.05) is 19.1 Å². The number of methoxy groups -OCH3 is 1. The Balaban J connectivity index is 1.64. The molecule has 1 fully saturated rings. The van der Waals surface area contributed by atoms with Crippen LogP contribution >= 0.6 is 0 Å². The van der Waals surface area contributed by atoms with E-state index in [2.05, 4.69) is 17.3 Å². The molecule has 0 unspecified atom stereocenters. The van der Waals surface area contributed by atoms with Crippen LogP contribution in [0.2, 0.25) is 0 Å². The fraction of sp³-hybridized carbons (Fsp3) is 0.444. The Kier molecular flexibility index (Phi) is 4.37. The summed E-state index contributed by atoms with van der Waals surface area (Å²) >= 11 is 0. The minimum Gasteiger partial charge on any atom is -0.497 e. The van der Waals surface area contributed by atoms with Gasteiger partial charge in [0.2, 0.25) is 0 Å². The first-order valence-electron chi connectivity index (χ1n) is 8.12. The monoisotopic (exact) mass is 313 g/mol. The lowest BCUT2D eigenvalue weighted by atomic mass is 9.75. The quantitative estimate of drug-likeness (QED) is 0.892. The van der Waals surface area contributed by atoms with Gasteiger partial charge in [0.15, 0.2) is 0 Å². The van der Waals surface area contributed by atoms with Crippen molar-refractivity contribution >= 4 is 5.91 Å². The number of nitrogens with one attached hydrogen (secondary N) is 1. The average Bonchev–Trinajstić information content (AvgIpc) is 3.00. The largest absolute Gasteiger partial charge is 0.497 e. The first-order valence-corrected chi connectivity index (χ1v) is 8.12. The maximum Gasteiger partial charge on any atom is 0.254 e. The van der Waals surface area contributed by atoms with Gasteiger partial charge >= 0.3 is 0 Å². The van der Waals surface area contributed by atoms with Gasteiger partial charge in [0.05, 0.1) is 25.4 Å². The molecule has 23 heavy (non-hydrogen) atoms. The molecule has 1 N–H and O–H groups in total. The van der Waals surface area contributed by atoms with E-state index in [-0.39, 0.29) is 11.4 Å². The maximum atomic E-state index is 12.4. The molecule has 1 aliphatic rings. The topological polar surface area (TPSA) is 56.2 Å². The highest BCUT2D eigenvalue weighted by Gasteiger charge is 2.36. The number of carbonyl (C=O) groups excluding carboxylic acids is 1. The molecule has 1 amide bonds. The van der Waals surface area contributed by atoms with Crippen molar-refractivity contribution in [1.82, 2.24) is 15.1 Å². The van der Waals surface area contributed by atoms with Crippen LogP contribution in [0.15, 0.2) is 36.7 Å². The van der Waals surface area contributed by atoms with Crippen LogP contribution < -0.4 is 10.1 Å². The van der Waals surface area contributed by atoms with Gasteiger partial charge in [-0.25, -0.2) is 0 Å². The lowest BCUT2D eigenvalue weighted by Crippen LogP contribution is -2.52. The molecule has 0 aliphatic heterocycles. The molecule has 0 saturated heterocycles. The predicted octanol–water partition coefficient (Wildman–Crippen LogP) is 3.00. The average molecular weight is 313 g/mol. The van der Waals surface area contributed by atoms with Crippen molar-refractivity contribution in [3.05, 3.63) is 47.8 Å². The molecule has 122 valence electrons. The second kappa shape index (κ2) is 6.44. The van der Waals surface area contributed by atoms with Crippen molar-refractivity contribution in [1.29, 1.82) is 0 Å². The van der Waals surface area contributed by atoms with Gasteiger partial charge in [-0.3, -0.25) is 9.48 Å². The minimum absolute atomic E-state index is 0.00909. The van der Waals surface area contributed by atoms with E-state index in [0.29, 0.717) is 12.1 Å². The Morgan fingerprint density at radius 1 is 1.35 bits per heavy atom. The number of carbonyl (C=O) groups is 1. The third-order valence-corrected chi connectivity index (χ3v) is 4.77. The van der Waals surface area contributed by atoms with E-state index in [9.17, 15) is 4.79 Å². The molecule has 0 radical (unpaired) electrons. The number of amides is 1. The van der Waals surface area contributed by atoms with Gasteiger partial charge in [0.25, 0.3) is 5.91 Å². The van der Waals surface area contributed by atoms with Crippen LogP contribution in [-0.4, -0.2) is 28.3 Å². The summed E-state index contributed by atoms with van der Waals surface area (Å²) in [7, 11) is 1.65. The maximum absolute atomic E-state index is 12.4. The molecule has 1 heterocycles. The fourth-order valence-electron chi connectivity index (χ4n) is 2.97. The van der Waals surface area contributed by atoms with Gasteiger partial charge in [-0.15, -0.1) is 0 Å². The zero-order valence-corrected chi connectivity index (χ0v) is 13.7. The third-order valence-electron chi connectivity index (χ3n) is 4.77. The SMILES string of the molecule is CCC1(NC(=O)c2cnn(Cc3ccc(OC)cc3)c2)CCC1. The molecule has 0 atom stereocenters. The number of benzene rings is 1. The Morgan fingerprint density at radius 3 is 2.65 bits per heavy atom. The van der Waals surface area contributed by atoms with Crippen LogP contribution in [0, 0.1) is 0 Å². The molecule has 1 saturated carbocycles. The van der Waals surface area contributed by atoms with Gasteiger partial charge < -0.3 is 10.1 Å². The number of aromatic nitrogens is 2. The smallest absolute Gasteiger partial charge is 0.254 e. The molecular formula is C18H23N3O2. The van der Waals surface area contributed by atoms with E-state index in [1.54, 1.807) is 18.0 Å². The molecule has 5 heteroatoms. The van der Waals surface area contributed by atoms with Crippen molar-refractivity contribution < 1.29 is 9.53 Å². The summed E-state index contributed by atoms with van der Waals surface area (Å²) in [5.41, 5.74) is 1.75. The summed E-state index contributed by atoms with van der Waals surface area (Å²) in [5, 5.41) is 7.48. The normalized spacial score (nSPS) is 15.7. The van der Waals surface area contributed by atoms with Crippen molar-refractivity contribution in [3.8, 4) is 5.75 Å². The lowest BCUT2D eigenvalue weighted by molar-refractivity contribution is 0.0820. The van der Waals surface area contributed by atoms with Gasteiger partial charge in [-0.05, 0) is 43.4 Å². The summed E-state index contributed by atoms with van der Waals surface area (Å²) in [6.45, 7) is 2.77. The Hall–Kier alpha value is -2.30. The predicted molar refractivity (Wildman–Crippen MR) is 88.7 cm³/mol. The second-order valence-corrected chi connectivity index (χ2v) is 6.22. The molecule has 5 nitrogen and oxygen atoms in total. The standard InChI is InChI=1S/C18H23N3O2/c1-3-18(9-4-10-18)20-17(22)15-11-19-21(13-15)12-14-5-7-16(23-2)8-6-14/h5-8,11,13H,3-4,9-10,12H2,1-2H3,(H,20,22). The second-order valence-electron chi connectivity index (χ2n) is 6.22. The van der Waals surface area contributed by atoms with E-state index in [1.807, 2.05) is 30.5 Å². The van der Waals surface area contributed by atoms with Crippen LogP contribution in [0.5, 0.6) is 5.75 Å². The van der Waals surface area contributed by atoms with E-state index < -0.39 is 0 Å².